The zero-order chi connectivity index (χ0) is 7.71. The highest BCUT2D eigenvalue weighted by Crippen LogP contribution is 2.03. The molecule has 0 radical (unpaired) electrons. The van der Waals surface area contributed by atoms with Gasteiger partial charge in [-0.15, -0.1) is 0 Å². The highest BCUT2D eigenvalue weighted by Gasteiger charge is 2.18. The maximum Gasteiger partial charge on any atom is 0.150 e. The van der Waals surface area contributed by atoms with Crippen LogP contribution in [-0.2, 0) is 9.84 Å². The van der Waals surface area contributed by atoms with Crippen molar-refractivity contribution >= 4 is 9.84 Å². The van der Waals surface area contributed by atoms with E-state index in [1.165, 1.54) is 13.8 Å². The molecule has 0 unspecified atom stereocenters. The first kappa shape index (κ1) is 8.91. The zero-order valence-corrected chi connectivity index (χ0v) is 6.70. The maximum atomic E-state index is 10.5. The molecule has 0 fully saturated rings. The summed E-state index contributed by atoms with van der Waals surface area (Å²) in [7, 11) is -3.03. The molecule has 0 amide bonds. The second kappa shape index (κ2) is 2.27. The Morgan fingerprint density at radius 2 is 1.78 bits per heavy atom. The number of rotatable bonds is 2. The van der Waals surface area contributed by atoms with Crippen LogP contribution in [-0.4, -0.2) is 31.1 Å². The zero-order valence-electron chi connectivity index (χ0n) is 5.88. The molecule has 0 saturated heterocycles. The predicted octanol–water partition coefficient (Wildman–Crippen LogP) is -0.198. The van der Waals surface area contributed by atoms with Gasteiger partial charge < -0.3 is 5.11 Å². The van der Waals surface area contributed by atoms with Gasteiger partial charge in [0.05, 0.1) is 11.4 Å². The van der Waals surface area contributed by atoms with E-state index >= 15 is 0 Å². The quantitative estimate of drug-likeness (QED) is 0.596. The van der Waals surface area contributed by atoms with E-state index in [9.17, 15) is 8.42 Å². The van der Waals surface area contributed by atoms with Crippen LogP contribution in [0.3, 0.4) is 0 Å². The molecule has 0 aliphatic heterocycles. The monoisotopic (exact) mass is 152 g/mol. The molecule has 0 spiro atoms. The molecule has 0 atom stereocenters. The summed E-state index contributed by atoms with van der Waals surface area (Å²) in [6, 6.07) is 0. The summed E-state index contributed by atoms with van der Waals surface area (Å²) < 4.78 is 21.0. The summed E-state index contributed by atoms with van der Waals surface area (Å²) in [6.45, 7) is 2.93. The molecular formula is C5H12O3S. The topological polar surface area (TPSA) is 54.4 Å². The third-order valence-electron chi connectivity index (χ3n) is 0.615. The number of hydrogen-bond donors (Lipinski definition) is 1. The third-order valence-corrected chi connectivity index (χ3v) is 1.85. The molecule has 4 heteroatoms. The molecule has 0 aliphatic rings. The van der Waals surface area contributed by atoms with Crippen molar-refractivity contribution in [3.05, 3.63) is 0 Å². The predicted molar refractivity (Wildman–Crippen MR) is 36.0 cm³/mol. The summed E-state index contributed by atoms with van der Waals surface area (Å²) in [4.78, 5) is 0. The van der Waals surface area contributed by atoms with Gasteiger partial charge in [0, 0.05) is 6.26 Å². The summed E-state index contributed by atoms with van der Waals surface area (Å²) in [6.07, 6.45) is 1.10. The minimum atomic E-state index is -3.03. The summed E-state index contributed by atoms with van der Waals surface area (Å²) in [5, 5.41) is 8.97. The third kappa shape index (κ3) is 7.91. The Hall–Kier alpha value is -0.0900. The van der Waals surface area contributed by atoms with Gasteiger partial charge >= 0.3 is 0 Å². The molecule has 0 aromatic carbocycles. The van der Waals surface area contributed by atoms with Crippen molar-refractivity contribution < 1.29 is 13.5 Å². The molecule has 56 valence electrons. The van der Waals surface area contributed by atoms with Crippen LogP contribution in [0, 0.1) is 0 Å². The van der Waals surface area contributed by atoms with E-state index in [1.54, 1.807) is 0 Å². The average Bonchev–Trinajstić information content (AvgIpc) is 1.14. The van der Waals surface area contributed by atoms with Crippen LogP contribution >= 0.6 is 0 Å². The minimum Gasteiger partial charge on any atom is -0.389 e. The van der Waals surface area contributed by atoms with Crippen molar-refractivity contribution in [2.45, 2.75) is 19.4 Å². The van der Waals surface area contributed by atoms with Gasteiger partial charge in [-0.25, -0.2) is 8.42 Å². The van der Waals surface area contributed by atoms with Gasteiger partial charge in [0.1, 0.15) is 9.84 Å². The summed E-state index contributed by atoms with van der Waals surface area (Å²) in [5.41, 5.74) is -1.10. The van der Waals surface area contributed by atoms with Gasteiger partial charge in [-0.05, 0) is 13.8 Å². The molecule has 0 rings (SSSR count). The number of sulfone groups is 1. The first-order valence-electron chi connectivity index (χ1n) is 2.61. The Labute approximate surface area is 55.6 Å². The van der Waals surface area contributed by atoms with Crippen LogP contribution in [0.4, 0.5) is 0 Å². The smallest absolute Gasteiger partial charge is 0.150 e. The van der Waals surface area contributed by atoms with Crippen LogP contribution in [0.25, 0.3) is 0 Å². The summed E-state index contributed by atoms with van der Waals surface area (Å²) >= 11 is 0. The van der Waals surface area contributed by atoms with E-state index in [-0.39, 0.29) is 5.75 Å². The van der Waals surface area contributed by atoms with E-state index < -0.39 is 15.4 Å². The van der Waals surface area contributed by atoms with Crippen molar-refractivity contribution in [1.82, 2.24) is 0 Å². The van der Waals surface area contributed by atoms with Crippen molar-refractivity contribution in [2.24, 2.45) is 0 Å². The fourth-order valence-corrected chi connectivity index (χ4v) is 1.92. The Kier molecular flexibility index (Phi) is 2.24. The molecule has 0 aliphatic carbocycles. The van der Waals surface area contributed by atoms with Crippen molar-refractivity contribution in [3.8, 4) is 0 Å². The molecule has 1 N–H and O–H groups in total. The lowest BCUT2D eigenvalue weighted by Gasteiger charge is -2.14. The molecule has 0 aromatic heterocycles. The van der Waals surface area contributed by atoms with E-state index in [1.807, 2.05) is 0 Å². The highest BCUT2D eigenvalue weighted by atomic mass is 32.2. The molecule has 0 heterocycles. The number of hydrogen-bond acceptors (Lipinski definition) is 3. The molecule has 0 saturated carbocycles. The first-order chi connectivity index (χ1) is 3.71. The van der Waals surface area contributed by atoms with Gasteiger partial charge in [-0.1, -0.05) is 0 Å². The Balaban J connectivity index is 4.07. The van der Waals surface area contributed by atoms with E-state index in [2.05, 4.69) is 0 Å². The van der Waals surface area contributed by atoms with Gasteiger partial charge in [0.2, 0.25) is 0 Å². The lowest BCUT2D eigenvalue weighted by atomic mass is 10.2. The Bertz CT molecular complexity index is 173. The van der Waals surface area contributed by atoms with Crippen molar-refractivity contribution in [3.63, 3.8) is 0 Å². The van der Waals surface area contributed by atoms with Gasteiger partial charge in [-0.2, -0.15) is 0 Å². The normalized spacial score (nSPS) is 13.8. The van der Waals surface area contributed by atoms with Crippen molar-refractivity contribution in [2.75, 3.05) is 12.0 Å². The Morgan fingerprint density at radius 3 is 1.78 bits per heavy atom. The van der Waals surface area contributed by atoms with E-state index in [0.29, 0.717) is 0 Å². The second-order valence-corrected chi connectivity index (χ2v) is 5.02. The van der Waals surface area contributed by atoms with Gasteiger partial charge in [-0.3, -0.25) is 0 Å². The van der Waals surface area contributed by atoms with E-state index in [4.69, 9.17) is 5.11 Å². The van der Waals surface area contributed by atoms with Crippen LogP contribution < -0.4 is 0 Å². The average molecular weight is 152 g/mol. The van der Waals surface area contributed by atoms with Crippen LogP contribution in [0.15, 0.2) is 0 Å². The largest absolute Gasteiger partial charge is 0.389 e. The molecule has 0 bridgehead atoms. The second-order valence-electron chi connectivity index (χ2n) is 2.88. The van der Waals surface area contributed by atoms with Gasteiger partial charge in [0.25, 0.3) is 0 Å². The standard InChI is InChI=1S/C5H12O3S/c1-5(2,6)4-9(3,7)8/h6H,4H2,1-3H3. The van der Waals surface area contributed by atoms with Crippen molar-refractivity contribution in [1.29, 1.82) is 0 Å². The maximum absolute atomic E-state index is 10.5. The minimum absolute atomic E-state index is 0.181. The molecule has 3 nitrogen and oxygen atoms in total. The van der Waals surface area contributed by atoms with Crippen LogP contribution in [0.1, 0.15) is 13.8 Å². The fraction of sp³-hybridized carbons (Fsp3) is 1.00. The molecule has 0 aromatic rings. The number of aliphatic hydroxyl groups is 1. The SMILES string of the molecule is CC(C)(O)CS(C)(=O)=O. The lowest BCUT2D eigenvalue weighted by Crippen LogP contribution is -2.29. The van der Waals surface area contributed by atoms with Gasteiger partial charge in [0.15, 0.2) is 0 Å². The highest BCUT2D eigenvalue weighted by molar-refractivity contribution is 7.90. The Morgan fingerprint density at radius 1 is 1.44 bits per heavy atom. The fourth-order valence-electron chi connectivity index (χ4n) is 0.642. The molecular weight excluding hydrogens is 140 g/mol. The summed E-state index contributed by atoms with van der Waals surface area (Å²) in [5.74, 6) is -0.181. The van der Waals surface area contributed by atoms with Crippen LogP contribution in [0.2, 0.25) is 0 Å². The molecule has 9 heavy (non-hydrogen) atoms. The van der Waals surface area contributed by atoms with Crippen LogP contribution in [0.5, 0.6) is 0 Å². The van der Waals surface area contributed by atoms with E-state index in [0.717, 1.165) is 6.26 Å². The lowest BCUT2D eigenvalue weighted by molar-refractivity contribution is 0.105. The first-order valence-corrected chi connectivity index (χ1v) is 4.67.